The van der Waals surface area contributed by atoms with Gasteiger partial charge in [-0.15, -0.1) is 0 Å². The fraction of sp³-hybridized carbons (Fsp3) is 0.618. The van der Waals surface area contributed by atoms with Crippen molar-refractivity contribution < 1.29 is 19.1 Å². The summed E-state index contributed by atoms with van der Waals surface area (Å²) in [5, 5.41) is 0. The van der Waals surface area contributed by atoms with Gasteiger partial charge in [0.1, 0.15) is 11.4 Å². The number of piperazine rings is 1. The monoisotopic (exact) mass is 582 g/mol. The lowest BCUT2D eigenvalue weighted by atomic mass is 9.88. The molecule has 2 atom stereocenters. The van der Waals surface area contributed by atoms with Gasteiger partial charge in [-0.25, -0.2) is 9.78 Å². The smallest absolute Gasteiger partial charge is 0.410 e. The van der Waals surface area contributed by atoms with Crippen LogP contribution in [0.4, 0.5) is 10.6 Å². The minimum atomic E-state index is -0.566. The number of nitrogens with zero attached hydrogens (tertiary/aromatic N) is 4. The molecule has 1 fully saturated rings. The maximum Gasteiger partial charge on any atom is 0.410 e. The molecule has 3 heterocycles. The predicted molar refractivity (Wildman–Crippen MR) is 171 cm³/mol. The molecule has 0 spiro atoms. The maximum atomic E-state index is 13.8. The molecule has 0 unspecified atom stereocenters. The lowest BCUT2D eigenvalue weighted by Gasteiger charge is -2.45. The van der Waals surface area contributed by atoms with Crippen LogP contribution in [0.5, 0.6) is 0 Å². The van der Waals surface area contributed by atoms with Gasteiger partial charge in [0.2, 0.25) is 5.91 Å². The van der Waals surface area contributed by atoms with E-state index >= 15 is 0 Å². The largest absolute Gasteiger partial charge is 0.444 e. The summed E-state index contributed by atoms with van der Waals surface area (Å²) in [5.74, 6) is 0.775. The van der Waals surface area contributed by atoms with Crippen molar-refractivity contribution in [2.75, 3.05) is 44.8 Å². The number of carbonyl (C=O) groups excluding carboxylic acids is 2. The average Bonchev–Trinajstić information content (AvgIpc) is 3.22. The van der Waals surface area contributed by atoms with Crippen LogP contribution in [0.1, 0.15) is 86.1 Å². The Morgan fingerprint density at radius 2 is 1.64 bits per heavy atom. The standard InChI is InChI=1S/C30H42N4O4.2C2H6/c1-21-16-32(24(19-37-7)17-33(21)28(36)38-29(2,3)4)18-26(35)34-20-30(5,6)25-14-13-23(31-27(25)34)15-22-11-9-8-10-12-22;2*1-2/h8-14,21,24H,15-20H2,1-7H3;2*1-2H3/t21-,24-;;/m1../s1. The maximum absolute atomic E-state index is 13.8. The Balaban J connectivity index is 0.00000148. The molecule has 1 aromatic heterocycles. The number of carbonyl (C=O) groups is 2. The molecule has 0 saturated carbocycles. The lowest BCUT2D eigenvalue weighted by molar-refractivity contribution is -0.121. The molecule has 1 saturated heterocycles. The first-order valence-corrected chi connectivity index (χ1v) is 15.5. The number of benzene rings is 1. The van der Waals surface area contributed by atoms with E-state index in [9.17, 15) is 9.59 Å². The summed E-state index contributed by atoms with van der Waals surface area (Å²) < 4.78 is 11.1. The Bertz CT molecular complexity index is 1150. The zero-order valence-electron chi connectivity index (χ0n) is 27.9. The third-order valence-corrected chi connectivity index (χ3v) is 7.28. The van der Waals surface area contributed by atoms with E-state index in [2.05, 4.69) is 43.0 Å². The second-order valence-electron chi connectivity index (χ2n) is 12.2. The summed E-state index contributed by atoms with van der Waals surface area (Å²) in [6, 6.07) is 14.3. The molecule has 42 heavy (non-hydrogen) atoms. The first kappa shape index (κ1) is 35.2. The number of aromatic nitrogens is 1. The van der Waals surface area contributed by atoms with Crippen LogP contribution in [0, 0.1) is 0 Å². The minimum absolute atomic E-state index is 0.0141. The Morgan fingerprint density at radius 3 is 2.24 bits per heavy atom. The first-order chi connectivity index (χ1) is 19.9. The molecule has 8 nitrogen and oxygen atoms in total. The van der Waals surface area contributed by atoms with Crippen LogP contribution >= 0.6 is 0 Å². The van der Waals surface area contributed by atoms with Crippen molar-refractivity contribution >= 4 is 17.8 Å². The molecule has 4 rings (SSSR count). The summed E-state index contributed by atoms with van der Waals surface area (Å²) in [6.07, 6.45) is 0.388. The van der Waals surface area contributed by atoms with E-state index in [-0.39, 0.29) is 36.0 Å². The molecule has 8 heteroatoms. The number of ether oxygens (including phenoxy) is 2. The number of rotatable bonds is 6. The third-order valence-electron chi connectivity index (χ3n) is 7.28. The Labute approximate surface area is 254 Å². The van der Waals surface area contributed by atoms with Gasteiger partial charge in [0.25, 0.3) is 0 Å². The molecule has 234 valence electrons. The molecule has 0 aliphatic carbocycles. The highest BCUT2D eigenvalue weighted by Crippen LogP contribution is 2.39. The first-order valence-electron chi connectivity index (χ1n) is 15.5. The van der Waals surface area contributed by atoms with Gasteiger partial charge in [-0.1, -0.05) is 77.9 Å². The van der Waals surface area contributed by atoms with Gasteiger partial charge in [0, 0.05) is 55.9 Å². The van der Waals surface area contributed by atoms with E-state index in [1.165, 1.54) is 5.56 Å². The van der Waals surface area contributed by atoms with E-state index in [0.717, 1.165) is 23.5 Å². The zero-order chi connectivity index (χ0) is 31.7. The van der Waals surface area contributed by atoms with Crippen LogP contribution in [0.3, 0.4) is 0 Å². The molecule has 0 N–H and O–H groups in total. The fourth-order valence-electron chi connectivity index (χ4n) is 5.37. The quantitative estimate of drug-likeness (QED) is 0.398. The lowest BCUT2D eigenvalue weighted by Crippen LogP contribution is -2.62. The molecular formula is C34H54N4O4. The average molecular weight is 583 g/mol. The van der Waals surface area contributed by atoms with Gasteiger partial charge in [-0.2, -0.15) is 0 Å². The molecule has 2 amide bonds. The molecule has 0 radical (unpaired) electrons. The Hall–Kier alpha value is -2.97. The molecule has 1 aromatic carbocycles. The van der Waals surface area contributed by atoms with E-state index < -0.39 is 5.60 Å². The minimum Gasteiger partial charge on any atom is -0.444 e. The highest BCUT2D eigenvalue weighted by atomic mass is 16.6. The second kappa shape index (κ2) is 15.5. The van der Waals surface area contributed by atoms with E-state index in [0.29, 0.717) is 26.2 Å². The highest BCUT2D eigenvalue weighted by molar-refractivity contribution is 5.96. The van der Waals surface area contributed by atoms with Gasteiger partial charge in [-0.3, -0.25) is 14.6 Å². The highest BCUT2D eigenvalue weighted by Gasteiger charge is 2.42. The molecule has 2 aliphatic heterocycles. The van der Waals surface area contributed by atoms with Crippen molar-refractivity contribution in [3.63, 3.8) is 0 Å². The molecule has 0 bridgehead atoms. The third kappa shape index (κ3) is 9.01. The SMILES string of the molecule is CC.CC.COC[C@H]1CN(C(=O)OC(C)(C)C)[C@H](C)CN1CC(=O)N1CC(C)(C)c2ccc(Cc3ccccc3)nc21. The van der Waals surface area contributed by atoms with Crippen LogP contribution in [-0.2, 0) is 26.1 Å². The number of methoxy groups -OCH3 is 1. The van der Waals surface area contributed by atoms with E-state index in [1.807, 2.05) is 78.5 Å². The number of amides is 2. The van der Waals surface area contributed by atoms with Crippen molar-refractivity contribution in [3.05, 3.63) is 59.3 Å². The Morgan fingerprint density at radius 1 is 1.00 bits per heavy atom. The number of fused-ring (bicyclic) bond motifs is 1. The van der Waals surface area contributed by atoms with Gasteiger partial charge in [0.15, 0.2) is 0 Å². The normalized spacial score (nSPS) is 19.6. The summed E-state index contributed by atoms with van der Waals surface area (Å²) in [7, 11) is 1.65. The van der Waals surface area contributed by atoms with E-state index in [4.69, 9.17) is 14.5 Å². The van der Waals surface area contributed by atoms with Gasteiger partial charge in [0.05, 0.1) is 19.2 Å². The summed E-state index contributed by atoms with van der Waals surface area (Å²) >= 11 is 0. The summed E-state index contributed by atoms with van der Waals surface area (Å²) in [5.41, 5.74) is 2.48. The van der Waals surface area contributed by atoms with Crippen LogP contribution < -0.4 is 4.90 Å². The van der Waals surface area contributed by atoms with Crippen molar-refractivity contribution in [1.29, 1.82) is 0 Å². The van der Waals surface area contributed by atoms with Crippen molar-refractivity contribution in [2.24, 2.45) is 0 Å². The topological polar surface area (TPSA) is 75.2 Å². The molecular weight excluding hydrogens is 528 g/mol. The summed E-state index contributed by atoms with van der Waals surface area (Å²) in [6.45, 7) is 22.2. The molecule has 2 aliphatic rings. The Kier molecular flexibility index (Phi) is 13.0. The van der Waals surface area contributed by atoms with Crippen LogP contribution in [0.2, 0.25) is 0 Å². The van der Waals surface area contributed by atoms with Crippen LogP contribution in [0.25, 0.3) is 0 Å². The van der Waals surface area contributed by atoms with Crippen LogP contribution in [0.15, 0.2) is 42.5 Å². The van der Waals surface area contributed by atoms with Crippen LogP contribution in [-0.4, -0.2) is 84.4 Å². The van der Waals surface area contributed by atoms with Crippen molar-refractivity contribution in [1.82, 2.24) is 14.8 Å². The fourth-order valence-corrected chi connectivity index (χ4v) is 5.37. The van der Waals surface area contributed by atoms with Crippen molar-refractivity contribution in [2.45, 2.75) is 98.8 Å². The second-order valence-corrected chi connectivity index (χ2v) is 12.2. The number of hydrogen-bond acceptors (Lipinski definition) is 6. The summed E-state index contributed by atoms with van der Waals surface area (Å²) in [4.78, 5) is 37.3. The van der Waals surface area contributed by atoms with Gasteiger partial charge < -0.3 is 14.4 Å². The number of hydrogen-bond donors (Lipinski definition) is 0. The number of pyridine rings is 1. The molecule has 2 aromatic rings. The predicted octanol–water partition coefficient (Wildman–Crippen LogP) is 6.31. The number of anilines is 1. The zero-order valence-corrected chi connectivity index (χ0v) is 27.9. The van der Waals surface area contributed by atoms with Gasteiger partial charge in [-0.05, 0) is 39.3 Å². The van der Waals surface area contributed by atoms with Gasteiger partial charge >= 0.3 is 6.09 Å². The van der Waals surface area contributed by atoms with E-state index in [1.54, 1.807) is 12.0 Å². The van der Waals surface area contributed by atoms with Crippen molar-refractivity contribution in [3.8, 4) is 0 Å².